The van der Waals surface area contributed by atoms with Crippen LogP contribution in [0.3, 0.4) is 0 Å². The molecule has 27 heavy (non-hydrogen) atoms. The molecule has 8 nitrogen and oxygen atoms in total. The van der Waals surface area contributed by atoms with Crippen molar-refractivity contribution in [3.05, 3.63) is 45.0 Å². The standard InChI is InChI=1S/C19H23N3O5/c1-3-27-19(26)13-7-6-10-21(11-13)16(23)12-22-15-9-5-4-8-14(15)20(2)17(24)18(22)25/h4-5,8-9,13H,3,6-7,10-12H2,1-2H3/t13-/m1/s1. The number of rotatable bonds is 4. The Kier molecular flexibility index (Phi) is 5.43. The summed E-state index contributed by atoms with van der Waals surface area (Å²) in [6, 6.07) is 6.97. The van der Waals surface area contributed by atoms with Crippen LogP contribution < -0.4 is 11.1 Å². The lowest BCUT2D eigenvalue weighted by Gasteiger charge is -2.31. The minimum atomic E-state index is -0.733. The number of hydrogen-bond acceptors (Lipinski definition) is 5. The summed E-state index contributed by atoms with van der Waals surface area (Å²) in [5, 5.41) is 0. The van der Waals surface area contributed by atoms with Crippen molar-refractivity contribution in [3.63, 3.8) is 0 Å². The van der Waals surface area contributed by atoms with E-state index in [4.69, 9.17) is 4.74 Å². The maximum atomic E-state index is 12.8. The van der Waals surface area contributed by atoms with E-state index >= 15 is 0 Å². The van der Waals surface area contributed by atoms with Gasteiger partial charge in [0.05, 0.1) is 23.6 Å². The fourth-order valence-electron chi connectivity index (χ4n) is 3.50. The van der Waals surface area contributed by atoms with Crippen LogP contribution in [-0.2, 0) is 27.9 Å². The normalized spacial score (nSPS) is 17.1. The Morgan fingerprint density at radius 3 is 2.56 bits per heavy atom. The molecule has 1 atom stereocenters. The van der Waals surface area contributed by atoms with Crippen molar-refractivity contribution in [3.8, 4) is 0 Å². The summed E-state index contributed by atoms with van der Waals surface area (Å²) in [6.07, 6.45) is 1.37. The second kappa shape index (κ2) is 7.77. The summed E-state index contributed by atoms with van der Waals surface area (Å²) < 4.78 is 7.56. The molecule has 0 spiro atoms. The van der Waals surface area contributed by atoms with E-state index < -0.39 is 11.1 Å². The predicted molar refractivity (Wildman–Crippen MR) is 99.4 cm³/mol. The summed E-state index contributed by atoms with van der Waals surface area (Å²) in [6.45, 7) is 2.61. The first-order valence-electron chi connectivity index (χ1n) is 9.07. The summed E-state index contributed by atoms with van der Waals surface area (Å²) in [4.78, 5) is 51.0. The predicted octanol–water partition coefficient (Wildman–Crippen LogP) is 0.502. The Morgan fingerprint density at radius 1 is 1.15 bits per heavy atom. The quantitative estimate of drug-likeness (QED) is 0.575. The molecule has 0 unspecified atom stereocenters. The summed E-state index contributed by atoms with van der Waals surface area (Å²) in [7, 11) is 1.53. The van der Waals surface area contributed by atoms with E-state index in [1.807, 2.05) is 0 Å². The van der Waals surface area contributed by atoms with Crippen molar-refractivity contribution in [1.82, 2.24) is 14.0 Å². The highest BCUT2D eigenvalue weighted by Gasteiger charge is 2.29. The van der Waals surface area contributed by atoms with Gasteiger partial charge in [0.2, 0.25) is 5.91 Å². The Morgan fingerprint density at radius 2 is 1.85 bits per heavy atom. The van der Waals surface area contributed by atoms with Gasteiger partial charge in [-0.3, -0.25) is 23.7 Å². The third kappa shape index (κ3) is 3.65. The van der Waals surface area contributed by atoms with E-state index in [2.05, 4.69) is 0 Å². The molecule has 0 N–H and O–H groups in total. The molecule has 1 saturated heterocycles. The summed E-state index contributed by atoms with van der Waals surface area (Å²) in [5.74, 6) is -0.935. The zero-order valence-electron chi connectivity index (χ0n) is 15.5. The molecule has 0 bridgehead atoms. The first-order valence-corrected chi connectivity index (χ1v) is 9.07. The van der Waals surface area contributed by atoms with Crippen LogP contribution in [0.2, 0.25) is 0 Å². The van der Waals surface area contributed by atoms with Crippen molar-refractivity contribution < 1.29 is 14.3 Å². The summed E-state index contributed by atoms with van der Waals surface area (Å²) >= 11 is 0. The van der Waals surface area contributed by atoms with E-state index in [0.717, 1.165) is 0 Å². The lowest BCUT2D eigenvalue weighted by Crippen LogP contribution is -2.47. The van der Waals surface area contributed by atoms with Gasteiger partial charge in [-0.15, -0.1) is 0 Å². The van der Waals surface area contributed by atoms with Gasteiger partial charge in [-0.2, -0.15) is 0 Å². The average molecular weight is 373 g/mol. The number of likely N-dealkylation sites (tertiary alicyclic amines) is 1. The van der Waals surface area contributed by atoms with Gasteiger partial charge in [0.25, 0.3) is 0 Å². The fraction of sp³-hybridized carbons (Fsp3) is 0.474. The molecule has 0 saturated carbocycles. The van der Waals surface area contributed by atoms with Gasteiger partial charge in [-0.05, 0) is 31.9 Å². The van der Waals surface area contributed by atoms with Gasteiger partial charge in [0.1, 0.15) is 6.54 Å². The minimum Gasteiger partial charge on any atom is -0.466 e. The maximum Gasteiger partial charge on any atom is 0.317 e. The van der Waals surface area contributed by atoms with Crippen LogP contribution in [0.4, 0.5) is 0 Å². The number of carbonyl (C=O) groups excluding carboxylic acids is 2. The number of amides is 1. The number of nitrogens with zero attached hydrogens (tertiary/aromatic N) is 3. The van der Waals surface area contributed by atoms with Crippen LogP contribution in [0.5, 0.6) is 0 Å². The van der Waals surface area contributed by atoms with E-state index in [0.29, 0.717) is 37.0 Å². The zero-order chi connectivity index (χ0) is 19.6. The lowest BCUT2D eigenvalue weighted by atomic mass is 9.98. The molecule has 1 fully saturated rings. The molecule has 0 aliphatic carbocycles. The largest absolute Gasteiger partial charge is 0.466 e. The third-order valence-corrected chi connectivity index (χ3v) is 4.95. The molecule has 1 aliphatic heterocycles. The zero-order valence-corrected chi connectivity index (χ0v) is 15.5. The van der Waals surface area contributed by atoms with Gasteiger partial charge >= 0.3 is 17.1 Å². The first kappa shape index (κ1) is 18.9. The van der Waals surface area contributed by atoms with Crippen molar-refractivity contribution >= 4 is 22.9 Å². The van der Waals surface area contributed by atoms with E-state index in [-0.39, 0.29) is 30.9 Å². The number of esters is 1. The SMILES string of the molecule is CCOC(=O)[C@@H]1CCCN(C(=O)Cn2c(=O)c(=O)n(C)c3ccccc32)C1. The Hall–Kier alpha value is -2.90. The molecule has 144 valence electrons. The van der Waals surface area contributed by atoms with Crippen LogP contribution in [0, 0.1) is 5.92 Å². The number of para-hydroxylation sites is 2. The van der Waals surface area contributed by atoms with Crippen molar-refractivity contribution in [2.75, 3.05) is 19.7 Å². The molecule has 1 aromatic carbocycles. The Labute approximate surface area is 156 Å². The van der Waals surface area contributed by atoms with E-state index in [1.165, 1.54) is 16.2 Å². The molecule has 2 aromatic rings. The maximum absolute atomic E-state index is 12.8. The Bertz CT molecular complexity index is 991. The van der Waals surface area contributed by atoms with Gasteiger partial charge in [-0.1, -0.05) is 12.1 Å². The van der Waals surface area contributed by atoms with Gasteiger partial charge in [0, 0.05) is 20.1 Å². The molecule has 3 rings (SSSR count). The van der Waals surface area contributed by atoms with Crippen LogP contribution in [0.25, 0.3) is 11.0 Å². The van der Waals surface area contributed by atoms with Crippen LogP contribution >= 0.6 is 0 Å². The molecule has 1 amide bonds. The number of carbonyl (C=O) groups is 2. The molecule has 1 aliphatic rings. The average Bonchev–Trinajstić information content (AvgIpc) is 2.69. The number of aromatic nitrogens is 2. The van der Waals surface area contributed by atoms with Crippen molar-refractivity contribution in [2.24, 2.45) is 13.0 Å². The minimum absolute atomic E-state index is 0.231. The third-order valence-electron chi connectivity index (χ3n) is 4.95. The highest BCUT2D eigenvalue weighted by Crippen LogP contribution is 2.19. The lowest BCUT2D eigenvalue weighted by molar-refractivity contribution is -0.151. The van der Waals surface area contributed by atoms with E-state index in [1.54, 1.807) is 36.1 Å². The second-order valence-electron chi connectivity index (χ2n) is 6.68. The topological polar surface area (TPSA) is 90.6 Å². The summed E-state index contributed by atoms with van der Waals surface area (Å²) in [5.41, 5.74) is -0.303. The number of fused-ring (bicyclic) bond motifs is 1. The van der Waals surface area contributed by atoms with Crippen LogP contribution in [0.15, 0.2) is 33.9 Å². The number of benzene rings is 1. The molecular weight excluding hydrogens is 350 g/mol. The number of piperidine rings is 1. The monoisotopic (exact) mass is 373 g/mol. The molecule has 0 radical (unpaired) electrons. The molecule has 2 heterocycles. The van der Waals surface area contributed by atoms with Crippen molar-refractivity contribution in [1.29, 1.82) is 0 Å². The van der Waals surface area contributed by atoms with E-state index in [9.17, 15) is 19.2 Å². The molecular formula is C19H23N3O5. The van der Waals surface area contributed by atoms with Gasteiger partial charge in [0.15, 0.2) is 0 Å². The number of ether oxygens (including phenoxy) is 1. The second-order valence-corrected chi connectivity index (χ2v) is 6.68. The molecule has 1 aromatic heterocycles. The van der Waals surface area contributed by atoms with Crippen LogP contribution in [0.1, 0.15) is 19.8 Å². The first-order chi connectivity index (χ1) is 12.9. The number of aryl methyl sites for hydroxylation is 1. The smallest absolute Gasteiger partial charge is 0.317 e. The highest BCUT2D eigenvalue weighted by atomic mass is 16.5. The molecule has 8 heteroatoms. The Balaban J connectivity index is 1.87. The highest BCUT2D eigenvalue weighted by molar-refractivity contribution is 5.81. The number of hydrogen-bond donors (Lipinski definition) is 0. The van der Waals surface area contributed by atoms with Crippen molar-refractivity contribution in [2.45, 2.75) is 26.3 Å². The fourth-order valence-corrected chi connectivity index (χ4v) is 3.50. The van der Waals surface area contributed by atoms with Gasteiger partial charge in [-0.25, -0.2) is 0 Å². The van der Waals surface area contributed by atoms with Gasteiger partial charge < -0.3 is 14.2 Å². The van der Waals surface area contributed by atoms with Crippen LogP contribution in [-0.4, -0.2) is 45.6 Å².